The van der Waals surface area contributed by atoms with Crippen molar-refractivity contribution in [3.8, 4) is 11.1 Å². The Morgan fingerprint density at radius 2 is 1.79 bits per heavy atom. The van der Waals surface area contributed by atoms with E-state index in [2.05, 4.69) is 4.98 Å². The van der Waals surface area contributed by atoms with Crippen LogP contribution in [0.5, 0.6) is 0 Å². The van der Waals surface area contributed by atoms with Crippen molar-refractivity contribution in [3.63, 3.8) is 0 Å². The highest BCUT2D eigenvalue weighted by atomic mass is 35.5. The zero-order chi connectivity index (χ0) is 14.0. The highest BCUT2D eigenvalue weighted by Gasteiger charge is 2.14. The lowest BCUT2D eigenvalue weighted by Crippen LogP contribution is -2.36. The molecule has 1 aromatic carbocycles. The van der Waals surface area contributed by atoms with Crippen LogP contribution >= 0.6 is 23.2 Å². The number of aromatic amines is 1. The van der Waals surface area contributed by atoms with Gasteiger partial charge < -0.3 is 0 Å². The fraction of sp³-hybridized carbons (Fsp3) is 0.231. The Morgan fingerprint density at radius 3 is 2.37 bits per heavy atom. The minimum atomic E-state index is -0.491. The van der Waals surface area contributed by atoms with E-state index in [1.54, 1.807) is 24.3 Å². The number of nitrogens with one attached hydrogen (secondary N) is 1. The predicted octanol–water partition coefficient (Wildman–Crippen LogP) is 2.92. The van der Waals surface area contributed by atoms with Gasteiger partial charge in [-0.2, -0.15) is 0 Å². The van der Waals surface area contributed by atoms with Crippen molar-refractivity contribution < 1.29 is 0 Å². The van der Waals surface area contributed by atoms with Gasteiger partial charge in [-0.15, -0.1) is 0 Å². The SMILES string of the molecule is CCCn1c(=O)[nH]c(Cl)c(-c2ccc(Cl)cc2)c1=O. The first-order chi connectivity index (χ1) is 9.04. The Morgan fingerprint density at radius 1 is 1.16 bits per heavy atom. The summed E-state index contributed by atoms with van der Waals surface area (Å²) in [6.07, 6.45) is 0.685. The van der Waals surface area contributed by atoms with Crippen molar-refractivity contribution in [1.82, 2.24) is 9.55 Å². The molecule has 0 spiro atoms. The van der Waals surface area contributed by atoms with E-state index in [0.29, 0.717) is 23.6 Å². The van der Waals surface area contributed by atoms with Gasteiger partial charge in [-0.3, -0.25) is 14.3 Å². The molecule has 0 saturated carbocycles. The predicted molar refractivity (Wildman–Crippen MR) is 77.1 cm³/mol. The molecule has 2 rings (SSSR count). The molecule has 100 valence electrons. The maximum atomic E-state index is 12.3. The van der Waals surface area contributed by atoms with Crippen molar-refractivity contribution in [2.75, 3.05) is 0 Å². The maximum absolute atomic E-state index is 12.3. The number of H-pyrrole nitrogens is 1. The minimum absolute atomic E-state index is 0.0460. The first-order valence-corrected chi connectivity index (χ1v) is 6.58. The van der Waals surface area contributed by atoms with Crippen LogP contribution in [-0.2, 0) is 6.54 Å². The summed E-state index contributed by atoms with van der Waals surface area (Å²) in [7, 11) is 0. The summed E-state index contributed by atoms with van der Waals surface area (Å²) >= 11 is 11.8. The van der Waals surface area contributed by atoms with Gasteiger partial charge in [0, 0.05) is 11.6 Å². The highest BCUT2D eigenvalue weighted by Crippen LogP contribution is 2.23. The number of benzene rings is 1. The lowest BCUT2D eigenvalue weighted by Gasteiger charge is -2.08. The summed E-state index contributed by atoms with van der Waals surface area (Å²) in [5.41, 5.74) is 0.0272. The number of hydrogen-bond donors (Lipinski definition) is 1. The summed E-state index contributed by atoms with van der Waals surface area (Å²) in [5, 5.41) is 0.614. The van der Waals surface area contributed by atoms with Crippen molar-refractivity contribution in [2.45, 2.75) is 19.9 Å². The lowest BCUT2D eigenvalue weighted by atomic mass is 10.1. The van der Waals surface area contributed by atoms with Crippen molar-refractivity contribution in [1.29, 1.82) is 0 Å². The fourth-order valence-corrected chi connectivity index (χ4v) is 2.24. The van der Waals surface area contributed by atoms with E-state index in [9.17, 15) is 9.59 Å². The molecule has 0 aliphatic carbocycles. The molecule has 19 heavy (non-hydrogen) atoms. The molecule has 6 heteroatoms. The lowest BCUT2D eigenvalue weighted by molar-refractivity contribution is 0.617. The van der Waals surface area contributed by atoms with Gasteiger partial charge in [-0.25, -0.2) is 4.79 Å². The number of rotatable bonds is 3. The largest absolute Gasteiger partial charge is 0.329 e. The summed E-state index contributed by atoms with van der Waals surface area (Å²) in [6.45, 7) is 2.24. The first kappa shape index (κ1) is 13.9. The van der Waals surface area contributed by atoms with Crippen LogP contribution in [0.3, 0.4) is 0 Å². The monoisotopic (exact) mass is 298 g/mol. The average molecular weight is 299 g/mol. The van der Waals surface area contributed by atoms with Gasteiger partial charge in [0.1, 0.15) is 5.15 Å². The van der Waals surface area contributed by atoms with Crippen LogP contribution < -0.4 is 11.2 Å². The second kappa shape index (κ2) is 5.63. The third kappa shape index (κ3) is 2.74. The van der Waals surface area contributed by atoms with Crippen molar-refractivity contribution in [3.05, 3.63) is 55.3 Å². The van der Waals surface area contributed by atoms with E-state index < -0.39 is 11.2 Å². The fourth-order valence-electron chi connectivity index (χ4n) is 1.84. The first-order valence-electron chi connectivity index (χ1n) is 5.83. The van der Waals surface area contributed by atoms with Crippen molar-refractivity contribution >= 4 is 23.2 Å². The van der Waals surface area contributed by atoms with Gasteiger partial charge in [-0.05, 0) is 24.1 Å². The van der Waals surface area contributed by atoms with Gasteiger partial charge in [0.25, 0.3) is 5.56 Å². The van der Waals surface area contributed by atoms with Gasteiger partial charge in [-0.1, -0.05) is 42.3 Å². The summed E-state index contributed by atoms with van der Waals surface area (Å²) in [5.74, 6) is 0. The smallest absolute Gasteiger partial charge is 0.297 e. The van der Waals surface area contributed by atoms with E-state index in [-0.39, 0.29) is 10.7 Å². The Kier molecular flexibility index (Phi) is 4.12. The average Bonchev–Trinajstić information content (AvgIpc) is 2.36. The second-order valence-electron chi connectivity index (χ2n) is 4.08. The molecule has 1 heterocycles. The highest BCUT2D eigenvalue weighted by molar-refractivity contribution is 6.32. The molecular weight excluding hydrogens is 287 g/mol. The van der Waals surface area contributed by atoms with Crippen LogP contribution in [0.4, 0.5) is 0 Å². The Balaban J connectivity index is 2.70. The van der Waals surface area contributed by atoms with Gasteiger partial charge in [0.05, 0.1) is 5.56 Å². The van der Waals surface area contributed by atoms with Crippen LogP contribution in [-0.4, -0.2) is 9.55 Å². The normalized spacial score (nSPS) is 10.7. The van der Waals surface area contributed by atoms with Crippen LogP contribution in [0, 0.1) is 0 Å². The topological polar surface area (TPSA) is 54.9 Å². The molecule has 0 aliphatic rings. The number of nitrogens with zero attached hydrogens (tertiary/aromatic N) is 1. The molecule has 1 aromatic heterocycles. The van der Waals surface area contributed by atoms with E-state index in [0.717, 1.165) is 4.57 Å². The maximum Gasteiger partial charge on any atom is 0.329 e. The summed E-state index contributed by atoms with van der Waals surface area (Å²) < 4.78 is 1.15. The Labute approximate surface area is 119 Å². The standard InChI is InChI=1S/C13H12Cl2N2O2/c1-2-7-17-12(18)10(11(15)16-13(17)19)8-3-5-9(14)6-4-8/h3-6H,2,7H2,1H3,(H,16,19). The third-order valence-electron chi connectivity index (χ3n) is 2.72. The molecular formula is C13H12Cl2N2O2. The molecule has 0 radical (unpaired) electrons. The molecule has 1 N–H and O–H groups in total. The zero-order valence-corrected chi connectivity index (χ0v) is 11.8. The second-order valence-corrected chi connectivity index (χ2v) is 4.90. The molecule has 2 aromatic rings. The molecule has 0 unspecified atom stereocenters. The minimum Gasteiger partial charge on any atom is -0.297 e. The quantitative estimate of drug-likeness (QED) is 0.886. The van der Waals surface area contributed by atoms with Gasteiger partial charge in [0.15, 0.2) is 0 Å². The van der Waals surface area contributed by atoms with Gasteiger partial charge in [0.2, 0.25) is 0 Å². The Hall–Kier alpha value is -1.52. The molecule has 0 amide bonds. The molecule has 0 bridgehead atoms. The van der Waals surface area contributed by atoms with Gasteiger partial charge >= 0.3 is 5.69 Å². The number of halogens is 2. The molecule has 0 aliphatic heterocycles. The summed E-state index contributed by atoms with van der Waals surface area (Å²) in [6, 6.07) is 6.73. The van der Waals surface area contributed by atoms with E-state index in [1.807, 2.05) is 6.92 Å². The molecule has 0 atom stereocenters. The number of aromatic nitrogens is 2. The zero-order valence-electron chi connectivity index (χ0n) is 10.2. The van der Waals surface area contributed by atoms with Crippen LogP contribution in [0.15, 0.2) is 33.9 Å². The molecule has 0 saturated heterocycles. The van der Waals surface area contributed by atoms with E-state index in [4.69, 9.17) is 23.2 Å². The summed E-state index contributed by atoms with van der Waals surface area (Å²) in [4.78, 5) is 26.5. The van der Waals surface area contributed by atoms with Crippen molar-refractivity contribution in [2.24, 2.45) is 0 Å². The van der Waals surface area contributed by atoms with E-state index >= 15 is 0 Å². The number of hydrogen-bond acceptors (Lipinski definition) is 2. The van der Waals surface area contributed by atoms with Crippen LogP contribution in [0.25, 0.3) is 11.1 Å². The molecule has 4 nitrogen and oxygen atoms in total. The molecule has 0 fully saturated rings. The van der Waals surface area contributed by atoms with Crippen LogP contribution in [0.1, 0.15) is 13.3 Å². The van der Waals surface area contributed by atoms with E-state index in [1.165, 1.54) is 0 Å². The van der Waals surface area contributed by atoms with Crippen LogP contribution in [0.2, 0.25) is 10.2 Å². The third-order valence-corrected chi connectivity index (χ3v) is 3.26. The Bertz CT molecular complexity index is 702.